The van der Waals surface area contributed by atoms with Crippen LogP contribution in [0.15, 0.2) is 29.3 Å². The first-order valence-electron chi connectivity index (χ1n) is 6.80. The molecular formula is C15H17N4NaO2. The van der Waals surface area contributed by atoms with Gasteiger partial charge in [0.2, 0.25) is 6.19 Å². The van der Waals surface area contributed by atoms with E-state index >= 15 is 0 Å². The molecule has 0 aliphatic carbocycles. The Bertz CT molecular complexity index is 597. The predicted molar refractivity (Wildman–Crippen MR) is 76.3 cm³/mol. The number of nitriles is 1. The fourth-order valence-corrected chi connectivity index (χ4v) is 2.43. The predicted octanol–water partition coefficient (Wildman–Crippen LogP) is -3.56. The van der Waals surface area contributed by atoms with Gasteiger partial charge in [-0.1, -0.05) is 29.8 Å². The number of nitrogens with one attached hydrogen (secondary N) is 1. The van der Waals surface area contributed by atoms with Gasteiger partial charge in [-0.15, -0.1) is 0 Å². The first-order chi connectivity index (χ1) is 10.1. The fraction of sp³-hybridized carbons (Fsp3) is 0.400. The number of aliphatic imine (C=N–C) groups is 1. The molecule has 1 unspecified atom stereocenters. The number of amidine groups is 1. The summed E-state index contributed by atoms with van der Waals surface area (Å²) >= 11 is 0. The van der Waals surface area contributed by atoms with E-state index in [2.05, 4.69) is 10.3 Å². The molecule has 0 radical (unpaired) electrons. The van der Waals surface area contributed by atoms with Crippen molar-refractivity contribution in [3.05, 3.63) is 35.4 Å². The third-order valence-electron chi connectivity index (χ3n) is 3.45. The van der Waals surface area contributed by atoms with Crippen molar-refractivity contribution in [1.29, 1.82) is 5.26 Å². The summed E-state index contributed by atoms with van der Waals surface area (Å²) in [5.74, 6) is -0.539. The number of carboxylic acids is 1. The van der Waals surface area contributed by atoms with E-state index in [9.17, 15) is 9.90 Å². The van der Waals surface area contributed by atoms with Gasteiger partial charge in [-0.25, -0.2) is 0 Å². The maximum Gasteiger partial charge on any atom is 1.00 e. The molecule has 0 spiro atoms. The van der Waals surface area contributed by atoms with Crippen LogP contribution in [0.3, 0.4) is 0 Å². The molecule has 110 valence electrons. The molecule has 0 saturated carbocycles. The molecule has 0 aromatic heterocycles. The van der Waals surface area contributed by atoms with Crippen LogP contribution in [0.2, 0.25) is 0 Å². The number of rotatable bonds is 3. The molecule has 0 bridgehead atoms. The van der Waals surface area contributed by atoms with Crippen LogP contribution in [0.25, 0.3) is 0 Å². The van der Waals surface area contributed by atoms with Crippen LogP contribution in [0.5, 0.6) is 0 Å². The van der Waals surface area contributed by atoms with E-state index in [1.165, 1.54) is 0 Å². The van der Waals surface area contributed by atoms with Gasteiger partial charge in [0.05, 0.1) is 12.0 Å². The van der Waals surface area contributed by atoms with Crippen molar-refractivity contribution < 1.29 is 39.5 Å². The Morgan fingerprint density at radius 2 is 2.36 bits per heavy atom. The van der Waals surface area contributed by atoms with Crippen molar-refractivity contribution in [2.24, 2.45) is 4.99 Å². The number of benzene rings is 1. The number of piperazine rings is 1. The van der Waals surface area contributed by atoms with Crippen molar-refractivity contribution in [1.82, 2.24) is 10.2 Å². The number of carboxylic acid groups (broad SMARTS) is 1. The molecule has 1 heterocycles. The summed E-state index contributed by atoms with van der Waals surface area (Å²) in [5, 5.41) is 22.7. The van der Waals surface area contributed by atoms with Crippen LogP contribution in [-0.4, -0.2) is 42.4 Å². The van der Waals surface area contributed by atoms with Crippen LogP contribution >= 0.6 is 0 Å². The number of hydrogen-bond donors (Lipinski definition) is 1. The first kappa shape index (κ1) is 18.7. The molecule has 2 rings (SSSR count). The van der Waals surface area contributed by atoms with Crippen LogP contribution < -0.4 is 40.0 Å². The minimum absolute atomic E-state index is 0. The second-order valence-corrected chi connectivity index (χ2v) is 5.07. The monoisotopic (exact) mass is 308 g/mol. The van der Waals surface area contributed by atoms with Gasteiger partial charge in [0.25, 0.3) is 0 Å². The normalized spacial score (nSPS) is 18.3. The van der Waals surface area contributed by atoms with Gasteiger partial charge < -0.3 is 20.1 Å². The van der Waals surface area contributed by atoms with Gasteiger partial charge in [-0.2, -0.15) is 10.3 Å². The van der Waals surface area contributed by atoms with Crippen molar-refractivity contribution in [3.63, 3.8) is 0 Å². The maximum absolute atomic E-state index is 11.0. The molecule has 1 aromatic rings. The summed E-state index contributed by atoms with van der Waals surface area (Å²) in [4.78, 5) is 16.7. The number of carbonyl (C=O) groups is 1. The first-order valence-corrected chi connectivity index (χ1v) is 6.80. The third kappa shape index (κ3) is 5.11. The average Bonchev–Trinajstić information content (AvgIpc) is 2.47. The zero-order chi connectivity index (χ0) is 15.2. The van der Waals surface area contributed by atoms with E-state index in [4.69, 9.17) is 5.26 Å². The standard InChI is InChI=1S/C15H18N4O2.Na/c1-11-3-2-4-12(7-11)8-14(18-10-16)19-6-5-17-13(9-19)15(20)21;/h2-4,7,13,17H,5-6,8-9H2,1H3,(H,20,21);/q;+1/p-1. The third-order valence-corrected chi connectivity index (χ3v) is 3.45. The van der Waals surface area contributed by atoms with Crippen molar-refractivity contribution in [3.8, 4) is 6.19 Å². The van der Waals surface area contributed by atoms with Gasteiger partial charge in [-0.05, 0) is 12.5 Å². The minimum atomic E-state index is -1.13. The largest absolute Gasteiger partial charge is 1.00 e. The molecule has 1 fully saturated rings. The zero-order valence-corrected chi connectivity index (χ0v) is 14.9. The van der Waals surface area contributed by atoms with Crippen molar-refractivity contribution >= 4 is 11.8 Å². The topological polar surface area (TPSA) is 91.6 Å². The van der Waals surface area contributed by atoms with Gasteiger partial charge in [-0.3, -0.25) is 0 Å². The van der Waals surface area contributed by atoms with Gasteiger partial charge in [0.1, 0.15) is 5.84 Å². The maximum atomic E-state index is 11.0. The molecule has 1 saturated heterocycles. The van der Waals surface area contributed by atoms with Gasteiger partial charge in [0.15, 0.2) is 0 Å². The van der Waals surface area contributed by atoms with E-state index in [0.717, 1.165) is 11.1 Å². The second-order valence-electron chi connectivity index (χ2n) is 5.07. The SMILES string of the molecule is Cc1cccc(CC(=NC#N)N2CCNC(C(=O)[O-])C2)c1.[Na+]. The van der Waals surface area contributed by atoms with Crippen LogP contribution in [0.1, 0.15) is 11.1 Å². The Morgan fingerprint density at radius 3 is 3.00 bits per heavy atom. The van der Waals surface area contributed by atoms with Gasteiger partial charge in [0, 0.05) is 26.1 Å². The van der Waals surface area contributed by atoms with Crippen LogP contribution in [-0.2, 0) is 11.2 Å². The average molecular weight is 308 g/mol. The van der Waals surface area contributed by atoms with E-state index < -0.39 is 12.0 Å². The molecule has 0 amide bonds. The number of hydrogen-bond acceptors (Lipinski definition) is 5. The quantitative estimate of drug-likeness (QED) is 0.270. The number of nitrogens with zero attached hydrogens (tertiary/aromatic N) is 3. The van der Waals surface area contributed by atoms with Gasteiger partial charge >= 0.3 is 29.6 Å². The van der Waals surface area contributed by atoms with Crippen LogP contribution in [0.4, 0.5) is 0 Å². The van der Waals surface area contributed by atoms with E-state index in [-0.39, 0.29) is 36.1 Å². The van der Waals surface area contributed by atoms with Crippen molar-refractivity contribution in [2.75, 3.05) is 19.6 Å². The smallest absolute Gasteiger partial charge is 0.548 e. The Labute approximate surface area is 152 Å². The summed E-state index contributed by atoms with van der Waals surface area (Å²) in [6, 6.07) is 7.22. The molecule has 1 N–H and O–H groups in total. The number of aryl methyl sites for hydroxylation is 1. The summed E-state index contributed by atoms with van der Waals surface area (Å²) in [7, 11) is 0. The number of aliphatic carboxylic acids is 1. The molecule has 6 nitrogen and oxygen atoms in total. The second kappa shape index (κ2) is 8.91. The molecule has 1 aliphatic heterocycles. The Hall–Kier alpha value is -1.39. The minimum Gasteiger partial charge on any atom is -0.548 e. The fourth-order valence-electron chi connectivity index (χ4n) is 2.43. The Balaban J connectivity index is 0.00000242. The molecule has 7 heteroatoms. The van der Waals surface area contributed by atoms with E-state index in [1.54, 1.807) is 6.19 Å². The Kier molecular flexibility index (Phi) is 7.56. The summed E-state index contributed by atoms with van der Waals surface area (Å²) in [6.45, 7) is 3.41. The molecule has 1 aromatic carbocycles. The Morgan fingerprint density at radius 1 is 1.59 bits per heavy atom. The summed E-state index contributed by atoms with van der Waals surface area (Å²) in [6.07, 6.45) is 2.32. The zero-order valence-electron chi connectivity index (χ0n) is 12.9. The van der Waals surface area contributed by atoms with Crippen LogP contribution in [0, 0.1) is 18.4 Å². The molecule has 1 atom stereocenters. The van der Waals surface area contributed by atoms with Crippen molar-refractivity contribution in [2.45, 2.75) is 19.4 Å². The van der Waals surface area contributed by atoms with E-state index in [0.29, 0.717) is 25.3 Å². The molecule has 1 aliphatic rings. The molecular weight excluding hydrogens is 291 g/mol. The molecule has 22 heavy (non-hydrogen) atoms. The van der Waals surface area contributed by atoms with E-state index in [1.807, 2.05) is 36.1 Å². The summed E-state index contributed by atoms with van der Waals surface area (Å²) in [5.41, 5.74) is 2.18. The summed E-state index contributed by atoms with van der Waals surface area (Å²) < 4.78 is 0. The number of carbonyl (C=O) groups excluding carboxylic acids is 1.